The van der Waals surface area contributed by atoms with Crippen molar-refractivity contribution < 1.29 is 8.42 Å². The normalized spacial score (nSPS) is 17.2. The Morgan fingerprint density at radius 3 is 2.46 bits per heavy atom. The van der Waals surface area contributed by atoms with Gasteiger partial charge in [-0.15, -0.1) is 0 Å². The zero-order valence-electron chi connectivity index (χ0n) is 14.1. The van der Waals surface area contributed by atoms with Crippen LogP contribution in [-0.4, -0.2) is 42.2 Å². The Hall–Kier alpha value is -1.70. The van der Waals surface area contributed by atoms with Gasteiger partial charge in [0.2, 0.25) is 10.0 Å². The third kappa shape index (κ3) is 4.03. The average Bonchev–Trinajstić information content (AvgIpc) is 2.90. The predicted molar refractivity (Wildman–Crippen MR) is 93.0 cm³/mol. The van der Waals surface area contributed by atoms with Crippen LogP contribution in [0.4, 0.5) is 0 Å². The maximum absolute atomic E-state index is 12.5. The molecule has 0 unspecified atom stereocenters. The van der Waals surface area contributed by atoms with Crippen molar-refractivity contribution in [3.63, 3.8) is 0 Å². The SMILES string of the molecule is Cc1nn(C)cc1S(=O)(=O)NC1CCN(Cc2ccccc2)CC1. The summed E-state index contributed by atoms with van der Waals surface area (Å²) < 4.78 is 29.4. The summed E-state index contributed by atoms with van der Waals surface area (Å²) in [5, 5.41) is 4.12. The molecule has 0 saturated carbocycles. The third-order valence-electron chi connectivity index (χ3n) is 4.42. The lowest BCUT2D eigenvalue weighted by molar-refractivity contribution is 0.200. The van der Waals surface area contributed by atoms with Gasteiger partial charge in [0.05, 0.1) is 5.69 Å². The molecule has 0 atom stereocenters. The van der Waals surface area contributed by atoms with E-state index < -0.39 is 10.0 Å². The van der Waals surface area contributed by atoms with Crippen LogP contribution < -0.4 is 4.72 Å². The quantitative estimate of drug-likeness (QED) is 0.893. The summed E-state index contributed by atoms with van der Waals surface area (Å²) in [6.45, 7) is 4.43. The van der Waals surface area contributed by atoms with E-state index in [1.54, 1.807) is 20.2 Å². The Balaban J connectivity index is 1.56. The standard InChI is InChI=1S/C17H24N4O2S/c1-14-17(13-20(2)18-14)24(22,23)19-16-8-10-21(11-9-16)12-15-6-4-3-5-7-15/h3-7,13,16,19H,8-12H2,1-2H3. The van der Waals surface area contributed by atoms with Gasteiger partial charge in [0.1, 0.15) is 4.90 Å². The summed E-state index contributed by atoms with van der Waals surface area (Å²) in [6, 6.07) is 10.4. The predicted octanol–water partition coefficient (Wildman–Crippen LogP) is 1.67. The van der Waals surface area contributed by atoms with Crippen molar-refractivity contribution >= 4 is 10.0 Å². The zero-order valence-corrected chi connectivity index (χ0v) is 15.0. The van der Waals surface area contributed by atoms with Crippen LogP contribution in [0.3, 0.4) is 0 Å². The maximum atomic E-state index is 12.5. The molecular formula is C17H24N4O2S. The van der Waals surface area contributed by atoms with Gasteiger partial charge in [-0.1, -0.05) is 30.3 Å². The summed E-state index contributed by atoms with van der Waals surface area (Å²) in [5.74, 6) is 0. The van der Waals surface area contributed by atoms with Crippen molar-refractivity contribution in [2.24, 2.45) is 7.05 Å². The number of rotatable bonds is 5. The Kier molecular flexibility index (Phi) is 5.03. The summed E-state index contributed by atoms with van der Waals surface area (Å²) >= 11 is 0. The van der Waals surface area contributed by atoms with Crippen molar-refractivity contribution in [1.29, 1.82) is 0 Å². The summed E-state index contributed by atoms with van der Waals surface area (Å²) in [7, 11) is -1.77. The van der Waals surface area contributed by atoms with E-state index in [-0.39, 0.29) is 10.9 Å². The topological polar surface area (TPSA) is 67.2 Å². The van der Waals surface area contributed by atoms with E-state index in [0.717, 1.165) is 32.5 Å². The molecule has 130 valence electrons. The van der Waals surface area contributed by atoms with Crippen LogP contribution >= 0.6 is 0 Å². The van der Waals surface area contributed by atoms with Gasteiger partial charge in [0, 0.05) is 38.9 Å². The van der Waals surface area contributed by atoms with Crippen molar-refractivity contribution in [3.8, 4) is 0 Å². The smallest absolute Gasteiger partial charge is 0.244 e. The molecule has 1 aromatic carbocycles. The van der Waals surface area contributed by atoms with E-state index in [0.29, 0.717) is 5.69 Å². The van der Waals surface area contributed by atoms with E-state index in [9.17, 15) is 8.42 Å². The van der Waals surface area contributed by atoms with Crippen molar-refractivity contribution in [2.45, 2.75) is 37.2 Å². The van der Waals surface area contributed by atoms with Gasteiger partial charge in [0.15, 0.2) is 0 Å². The van der Waals surface area contributed by atoms with Gasteiger partial charge < -0.3 is 0 Å². The highest BCUT2D eigenvalue weighted by molar-refractivity contribution is 7.89. The fourth-order valence-electron chi connectivity index (χ4n) is 3.18. The largest absolute Gasteiger partial charge is 0.299 e. The molecule has 1 aromatic heterocycles. The fourth-order valence-corrected chi connectivity index (χ4v) is 4.70. The lowest BCUT2D eigenvalue weighted by Gasteiger charge is -2.32. The maximum Gasteiger partial charge on any atom is 0.244 e. The van der Waals surface area contributed by atoms with Crippen LogP contribution in [0.1, 0.15) is 24.1 Å². The molecule has 0 amide bonds. The van der Waals surface area contributed by atoms with E-state index in [2.05, 4.69) is 26.9 Å². The second kappa shape index (κ2) is 7.04. The highest BCUT2D eigenvalue weighted by atomic mass is 32.2. The second-order valence-electron chi connectivity index (χ2n) is 6.41. The number of hydrogen-bond acceptors (Lipinski definition) is 4. The Bertz CT molecular complexity index is 778. The first-order valence-corrected chi connectivity index (χ1v) is 9.71. The molecule has 1 fully saturated rings. The minimum absolute atomic E-state index is 0.0124. The minimum Gasteiger partial charge on any atom is -0.299 e. The molecule has 0 spiro atoms. The van der Waals surface area contributed by atoms with E-state index in [4.69, 9.17) is 0 Å². The number of aryl methyl sites for hydroxylation is 2. The molecule has 1 aliphatic heterocycles. The van der Waals surface area contributed by atoms with Crippen molar-refractivity contribution in [3.05, 3.63) is 47.8 Å². The number of nitrogens with zero attached hydrogens (tertiary/aromatic N) is 3. The molecule has 1 aliphatic rings. The van der Waals surface area contributed by atoms with Gasteiger partial charge in [0.25, 0.3) is 0 Å². The molecular weight excluding hydrogens is 324 g/mol. The molecule has 0 radical (unpaired) electrons. The van der Waals surface area contributed by atoms with Crippen molar-refractivity contribution in [2.75, 3.05) is 13.1 Å². The first-order valence-electron chi connectivity index (χ1n) is 8.23. The van der Waals surface area contributed by atoms with Gasteiger partial charge in [-0.3, -0.25) is 9.58 Å². The molecule has 6 nitrogen and oxygen atoms in total. The molecule has 2 heterocycles. The minimum atomic E-state index is -3.50. The van der Waals surface area contributed by atoms with Crippen molar-refractivity contribution in [1.82, 2.24) is 19.4 Å². The van der Waals surface area contributed by atoms with Crippen LogP contribution in [0, 0.1) is 6.92 Å². The average molecular weight is 348 g/mol. The number of benzene rings is 1. The number of aromatic nitrogens is 2. The number of likely N-dealkylation sites (tertiary alicyclic amines) is 1. The van der Waals surface area contributed by atoms with Crippen LogP contribution in [0.25, 0.3) is 0 Å². The lowest BCUT2D eigenvalue weighted by atomic mass is 10.1. The van der Waals surface area contributed by atoms with Gasteiger partial charge in [-0.05, 0) is 25.3 Å². The molecule has 0 bridgehead atoms. The van der Waals surface area contributed by atoms with Crippen LogP contribution in [0.5, 0.6) is 0 Å². The summed E-state index contributed by atoms with van der Waals surface area (Å²) in [5.41, 5.74) is 1.83. The first-order chi connectivity index (χ1) is 11.4. The summed E-state index contributed by atoms with van der Waals surface area (Å²) in [6.07, 6.45) is 3.21. The molecule has 3 rings (SSSR count). The van der Waals surface area contributed by atoms with Crippen LogP contribution in [-0.2, 0) is 23.6 Å². The first kappa shape index (κ1) is 17.1. The van der Waals surface area contributed by atoms with E-state index in [1.165, 1.54) is 10.2 Å². The Morgan fingerprint density at radius 1 is 1.21 bits per heavy atom. The summed E-state index contributed by atoms with van der Waals surface area (Å²) in [4.78, 5) is 2.65. The highest BCUT2D eigenvalue weighted by Crippen LogP contribution is 2.18. The number of piperidine rings is 1. The van der Waals surface area contributed by atoms with Crippen LogP contribution in [0.15, 0.2) is 41.4 Å². The second-order valence-corrected chi connectivity index (χ2v) is 8.09. The molecule has 24 heavy (non-hydrogen) atoms. The highest BCUT2D eigenvalue weighted by Gasteiger charge is 2.26. The van der Waals surface area contributed by atoms with E-state index in [1.807, 2.05) is 18.2 Å². The number of hydrogen-bond donors (Lipinski definition) is 1. The number of sulfonamides is 1. The lowest BCUT2D eigenvalue weighted by Crippen LogP contribution is -2.44. The molecule has 2 aromatic rings. The molecule has 0 aliphatic carbocycles. The Labute approximate surface area is 143 Å². The van der Waals surface area contributed by atoms with Crippen LogP contribution in [0.2, 0.25) is 0 Å². The monoisotopic (exact) mass is 348 g/mol. The Morgan fingerprint density at radius 2 is 1.88 bits per heavy atom. The molecule has 7 heteroatoms. The third-order valence-corrected chi connectivity index (χ3v) is 6.04. The van der Waals surface area contributed by atoms with Gasteiger partial charge in [-0.2, -0.15) is 5.10 Å². The fraction of sp³-hybridized carbons (Fsp3) is 0.471. The number of nitrogens with one attached hydrogen (secondary N) is 1. The molecule has 1 saturated heterocycles. The van der Waals surface area contributed by atoms with Gasteiger partial charge >= 0.3 is 0 Å². The molecule has 1 N–H and O–H groups in total. The van der Waals surface area contributed by atoms with E-state index >= 15 is 0 Å². The zero-order chi connectivity index (χ0) is 17.2. The van der Waals surface area contributed by atoms with Gasteiger partial charge in [-0.25, -0.2) is 13.1 Å².